The van der Waals surface area contributed by atoms with Crippen LogP contribution in [0.2, 0.25) is 0 Å². The summed E-state index contributed by atoms with van der Waals surface area (Å²) in [6.07, 6.45) is 0.898. The molecule has 0 radical (unpaired) electrons. The van der Waals surface area contributed by atoms with Gasteiger partial charge in [0.05, 0.1) is 11.0 Å². The molecule has 1 amide bonds. The average Bonchev–Trinajstić information content (AvgIpc) is 3.04. The zero-order chi connectivity index (χ0) is 17.5. The van der Waals surface area contributed by atoms with Crippen molar-refractivity contribution in [2.24, 2.45) is 0 Å². The highest BCUT2D eigenvalue weighted by Crippen LogP contribution is 2.24. The summed E-state index contributed by atoms with van der Waals surface area (Å²) in [5, 5.41) is 13.4. The first-order chi connectivity index (χ1) is 11.5. The van der Waals surface area contributed by atoms with E-state index in [4.69, 9.17) is 9.15 Å². The Morgan fingerprint density at radius 3 is 2.58 bits per heavy atom. The Morgan fingerprint density at radius 2 is 1.96 bits per heavy atom. The molecule has 7 heteroatoms. The van der Waals surface area contributed by atoms with Crippen molar-refractivity contribution in [1.29, 1.82) is 0 Å². The largest absolute Gasteiger partial charge is 0.451 e. The maximum Gasteiger partial charge on any atom is 0.287 e. The number of hydrogen-bond donors (Lipinski definition) is 1. The molecule has 0 bridgehead atoms. The van der Waals surface area contributed by atoms with E-state index in [9.17, 15) is 14.9 Å². The zero-order valence-electron chi connectivity index (χ0n) is 13.7. The smallest absolute Gasteiger partial charge is 0.287 e. The molecule has 0 aliphatic carbocycles. The Bertz CT molecular complexity index is 691. The molecule has 2 rings (SSSR count). The van der Waals surface area contributed by atoms with Gasteiger partial charge in [0.1, 0.15) is 5.76 Å². The van der Waals surface area contributed by atoms with Gasteiger partial charge in [0.15, 0.2) is 5.76 Å². The fraction of sp³-hybridized carbons (Fsp3) is 0.353. The molecular weight excluding hydrogens is 312 g/mol. The van der Waals surface area contributed by atoms with E-state index in [0.717, 1.165) is 6.42 Å². The summed E-state index contributed by atoms with van der Waals surface area (Å²) in [6.45, 7) is 5.01. The lowest BCUT2D eigenvalue weighted by Crippen LogP contribution is -2.25. The number of benzene rings is 1. The fourth-order valence-corrected chi connectivity index (χ4v) is 2.04. The van der Waals surface area contributed by atoms with Crippen LogP contribution >= 0.6 is 0 Å². The summed E-state index contributed by atoms with van der Waals surface area (Å²) in [4.78, 5) is 22.2. The number of non-ortho nitro benzene ring substituents is 1. The lowest BCUT2D eigenvalue weighted by molar-refractivity contribution is -0.384. The van der Waals surface area contributed by atoms with E-state index in [2.05, 4.69) is 5.32 Å². The van der Waals surface area contributed by atoms with E-state index >= 15 is 0 Å². The quantitative estimate of drug-likeness (QED) is 0.454. The second kappa shape index (κ2) is 8.26. The first-order valence-corrected chi connectivity index (χ1v) is 7.72. The Hall–Kier alpha value is -2.67. The van der Waals surface area contributed by atoms with Gasteiger partial charge in [-0.25, -0.2) is 0 Å². The van der Waals surface area contributed by atoms with Crippen molar-refractivity contribution in [3.63, 3.8) is 0 Å². The van der Waals surface area contributed by atoms with Crippen LogP contribution in [0.15, 0.2) is 40.8 Å². The van der Waals surface area contributed by atoms with Gasteiger partial charge in [0, 0.05) is 30.8 Å². The van der Waals surface area contributed by atoms with Gasteiger partial charge < -0.3 is 14.5 Å². The number of carbonyl (C=O) groups excluding carboxylic acids is 1. The van der Waals surface area contributed by atoms with Crippen LogP contribution in [0.5, 0.6) is 0 Å². The summed E-state index contributed by atoms with van der Waals surface area (Å²) in [7, 11) is 0. The predicted molar refractivity (Wildman–Crippen MR) is 88.8 cm³/mol. The van der Waals surface area contributed by atoms with Crippen molar-refractivity contribution < 1.29 is 18.9 Å². The number of nitro groups is 1. The minimum absolute atomic E-state index is 0.00638. The van der Waals surface area contributed by atoms with Gasteiger partial charge in [-0.3, -0.25) is 14.9 Å². The monoisotopic (exact) mass is 332 g/mol. The lowest BCUT2D eigenvalue weighted by Gasteiger charge is -2.07. The molecular formula is C17H20N2O5. The first kappa shape index (κ1) is 17.7. The molecule has 7 nitrogen and oxygen atoms in total. The number of carbonyl (C=O) groups is 1. The highest BCUT2D eigenvalue weighted by molar-refractivity contribution is 5.92. The van der Waals surface area contributed by atoms with Gasteiger partial charge >= 0.3 is 0 Å². The van der Waals surface area contributed by atoms with Crippen LogP contribution in [0.3, 0.4) is 0 Å². The Labute approximate surface area is 139 Å². The summed E-state index contributed by atoms with van der Waals surface area (Å²) in [6, 6.07) is 9.21. The number of ether oxygens (including phenoxy) is 1. The number of nitro benzene ring substituents is 1. The van der Waals surface area contributed by atoms with Crippen LogP contribution in [0.25, 0.3) is 11.3 Å². The van der Waals surface area contributed by atoms with E-state index in [1.54, 1.807) is 24.3 Å². The van der Waals surface area contributed by atoms with E-state index in [0.29, 0.717) is 24.5 Å². The number of nitrogens with one attached hydrogen (secondary N) is 1. The van der Waals surface area contributed by atoms with Gasteiger partial charge in [-0.15, -0.1) is 0 Å². The minimum atomic E-state index is -0.464. The highest BCUT2D eigenvalue weighted by atomic mass is 16.6. The van der Waals surface area contributed by atoms with Crippen molar-refractivity contribution in [3.05, 3.63) is 52.3 Å². The molecule has 0 spiro atoms. The number of hydrogen-bond acceptors (Lipinski definition) is 5. The van der Waals surface area contributed by atoms with Crippen LogP contribution < -0.4 is 5.32 Å². The Balaban J connectivity index is 1.90. The predicted octanol–water partition coefficient (Wildman–Crippen LogP) is 3.40. The van der Waals surface area contributed by atoms with Crippen molar-refractivity contribution in [2.45, 2.75) is 26.4 Å². The molecule has 0 aliphatic heterocycles. The molecule has 1 aromatic heterocycles. The molecule has 0 saturated heterocycles. The first-order valence-electron chi connectivity index (χ1n) is 7.72. The molecule has 128 valence electrons. The van der Waals surface area contributed by atoms with Gasteiger partial charge in [-0.05, 0) is 44.5 Å². The van der Waals surface area contributed by atoms with Crippen LogP contribution in [-0.4, -0.2) is 30.1 Å². The van der Waals surface area contributed by atoms with Crippen molar-refractivity contribution in [1.82, 2.24) is 5.32 Å². The normalized spacial score (nSPS) is 10.8. The van der Waals surface area contributed by atoms with Gasteiger partial charge in [0.25, 0.3) is 11.6 Å². The number of rotatable bonds is 8. The number of amides is 1. The lowest BCUT2D eigenvalue weighted by atomic mass is 10.1. The van der Waals surface area contributed by atoms with Crippen LogP contribution in [0.4, 0.5) is 5.69 Å². The zero-order valence-corrected chi connectivity index (χ0v) is 13.7. The highest BCUT2D eigenvalue weighted by Gasteiger charge is 2.13. The maximum absolute atomic E-state index is 12.0. The van der Waals surface area contributed by atoms with Gasteiger partial charge in [-0.2, -0.15) is 0 Å². The molecule has 0 atom stereocenters. The summed E-state index contributed by atoms with van der Waals surface area (Å²) in [5.74, 6) is 0.388. The third-order valence-corrected chi connectivity index (χ3v) is 3.25. The standard InChI is InChI=1S/C17H20N2O5/c1-12(2)23-11-3-10-18-17(20)16-9-8-15(24-16)13-4-6-14(7-5-13)19(21)22/h4-9,12H,3,10-11H2,1-2H3,(H,18,20). The Kier molecular flexibility index (Phi) is 6.08. The summed E-state index contributed by atoms with van der Waals surface area (Å²) in [5.41, 5.74) is 0.678. The van der Waals surface area contributed by atoms with E-state index < -0.39 is 4.92 Å². The van der Waals surface area contributed by atoms with Gasteiger partial charge in [-0.1, -0.05) is 0 Å². The van der Waals surface area contributed by atoms with E-state index in [1.165, 1.54) is 12.1 Å². The van der Waals surface area contributed by atoms with Crippen LogP contribution in [0.1, 0.15) is 30.8 Å². The SMILES string of the molecule is CC(C)OCCCNC(=O)c1ccc(-c2ccc([N+](=O)[O-])cc2)o1. The third kappa shape index (κ3) is 4.92. The molecule has 0 aliphatic rings. The molecule has 0 fully saturated rings. The van der Waals surface area contributed by atoms with Crippen molar-refractivity contribution in [3.8, 4) is 11.3 Å². The average molecular weight is 332 g/mol. The fourth-order valence-electron chi connectivity index (χ4n) is 2.04. The molecule has 0 saturated carbocycles. The summed E-state index contributed by atoms with van der Waals surface area (Å²) >= 11 is 0. The molecule has 1 heterocycles. The number of furan rings is 1. The second-order valence-electron chi connectivity index (χ2n) is 5.50. The topological polar surface area (TPSA) is 94.6 Å². The molecule has 0 unspecified atom stereocenters. The maximum atomic E-state index is 12.0. The van der Waals surface area contributed by atoms with Crippen LogP contribution in [-0.2, 0) is 4.74 Å². The van der Waals surface area contributed by atoms with E-state index in [1.807, 2.05) is 13.8 Å². The van der Waals surface area contributed by atoms with E-state index in [-0.39, 0.29) is 23.5 Å². The minimum Gasteiger partial charge on any atom is -0.451 e. The van der Waals surface area contributed by atoms with Gasteiger partial charge in [0.2, 0.25) is 0 Å². The molecule has 1 N–H and O–H groups in total. The molecule has 1 aromatic carbocycles. The molecule has 24 heavy (non-hydrogen) atoms. The van der Waals surface area contributed by atoms with Crippen molar-refractivity contribution in [2.75, 3.05) is 13.2 Å². The van der Waals surface area contributed by atoms with Crippen molar-refractivity contribution >= 4 is 11.6 Å². The Morgan fingerprint density at radius 1 is 1.25 bits per heavy atom. The molecule has 2 aromatic rings. The van der Waals surface area contributed by atoms with Crippen LogP contribution in [0, 0.1) is 10.1 Å². The third-order valence-electron chi connectivity index (χ3n) is 3.25. The second-order valence-corrected chi connectivity index (χ2v) is 5.50. The number of nitrogens with zero attached hydrogens (tertiary/aromatic N) is 1. The summed E-state index contributed by atoms with van der Waals surface area (Å²) < 4.78 is 10.9.